The second-order valence-corrected chi connectivity index (χ2v) is 9.76. The third-order valence-electron chi connectivity index (χ3n) is 7.08. The maximum atomic E-state index is 14.1. The number of halogens is 4. The molecule has 0 radical (unpaired) electrons. The number of carbonyl (C=O) groups excluding carboxylic acids is 1. The van der Waals surface area contributed by atoms with Crippen molar-refractivity contribution in [2.75, 3.05) is 20.2 Å². The van der Waals surface area contributed by atoms with Gasteiger partial charge in [0, 0.05) is 47.4 Å². The lowest BCUT2D eigenvalue weighted by atomic mass is 9.88. The lowest BCUT2D eigenvalue weighted by Crippen LogP contribution is -2.41. The molecule has 1 aliphatic heterocycles. The number of hydrogen-bond donors (Lipinski definition) is 2. The van der Waals surface area contributed by atoms with Gasteiger partial charge in [-0.1, -0.05) is 0 Å². The zero-order valence-corrected chi connectivity index (χ0v) is 22.1. The van der Waals surface area contributed by atoms with Gasteiger partial charge < -0.3 is 25.2 Å². The Balaban J connectivity index is 1.43. The molecule has 1 aromatic carbocycles. The number of nitrogens with two attached hydrogens (primary N) is 1. The molecular weight excluding hydrogens is 544 g/mol. The van der Waals surface area contributed by atoms with Crippen molar-refractivity contribution >= 4 is 22.5 Å². The third kappa shape index (κ3) is 5.36. The van der Waals surface area contributed by atoms with Gasteiger partial charge in [0.25, 0.3) is 5.91 Å². The monoisotopic (exact) mass is 570 g/mol. The largest absolute Gasteiger partial charge is 0.494 e. The van der Waals surface area contributed by atoms with Gasteiger partial charge in [-0.2, -0.15) is 13.2 Å². The number of nitrogens with zero attached hydrogens (tertiary/aromatic N) is 4. The summed E-state index contributed by atoms with van der Waals surface area (Å²) in [5, 5.41) is 8.73. The van der Waals surface area contributed by atoms with Crippen LogP contribution in [0.3, 0.4) is 0 Å². The van der Waals surface area contributed by atoms with Crippen molar-refractivity contribution in [3.8, 4) is 17.2 Å². The van der Waals surface area contributed by atoms with Crippen molar-refractivity contribution < 1.29 is 31.5 Å². The predicted octanol–water partition coefficient (Wildman–Crippen LogP) is 5.39. The fourth-order valence-electron chi connectivity index (χ4n) is 4.94. The number of hydrogen-bond acceptors (Lipinski definition) is 8. The fourth-order valence-corrected chi connectivity index (χ4v) is 4.94. The number of aromatic nitrogens is 3. The average molecular weight is 571 g/mol. The number of rotatable bonds is 6. The van der Waals surface area contributed by atoms with Crippen molar-refractivity contribution in [3.63, 3.8) is 0 Å². The molecule has 5 rings (SSSR count). The van der Waals surface area contributed by atoms with E-state index in [2.05, 4.69) is 15.0 Å². The molecule has 1 aliphatic rings. The summed E-state index contributed by atoms with van der Waals surface area (Å²) < 4.78 is 65.3. The highest BCUT2D eigenvalue weighted by atomic mass is 19.4. The second kappa shape index (κ2) is 10.9. The van der Waals surface area contributed by atoms with E-state index in [0.717, 1.165) is 12.3 Å². The lowest BCUT2D eigenvalue weighted by Gasteiger charge is -2.32. The zero-order chi connectivity index (χ0) is 29.5. The molecule has 1 amide bonds. The number of ether oxygens (including phenoxy) is 1. The molecule has 41 heavy (non-hydrogen) atoms. The highest BCUT2D eigenvalue weighted by molar-refractivity contribution is 6.01. The Morgan fingerprint density at radius 2 is 1.90 bits per heavy atom. The van der Waals surface area contributed by atoms with E-state index in [9.17, 15) is 22.4 Å². The number of fused-ring (bicyclic) bond motifs is 1. The first-order valence-corrected chi connectivity index (χ1v) is 12.8. The summed E-state index contributed by atoms with van der Waals surface area (Å²) in [6.07, 6.45) is -1.27. The first-order chi connectivity index (χ1) is 19.5. The topological polar surface area (TPSA) is 131 Å². The van der Waals surface area contributed by atoms with E-state index in [4.69, 9.17) is 20.3 Å². The maximum absolute atomic E-state index is 14.1. The van der Waals surface area contributed by atoms with E-state index in [0.29, 0.717) is 31.5 Å². The molecule has 9 nitrogen and oxygen atoms in total. The molecule has 0 bridgehead atoms. The van der Waals surface area contributed by atoms with E-state index < -0.39 is 29.6 Å². The van der Waals surface area contributed by atoms with Crippen LogP contribution in [-0.2, 0) is 6.18 Å². The van der Waals surface area contributed by atoms with Crippen LogP contribution < -0.4 is 10.5 Å². The van der Waals surface area contributed by atoms with Crippen molar-refractivity contribution in [3.05, 3.63) is 71.3 Å². The van der Waals surface area contributed by atoms with Crippen molar-refractivity contribution in [2.24, 2.45) is 11.7 Å². The molecular formula is C28H26F4N6O3. The quantitative estimate of drug-likeness (QED) is 0.235. The number of oxazole rings is 1. The highest BCUT2D eigenvalue weighted by Gasteiger charge is 2.34. The average Bonchev–Trinajstić information content (AvgIpc) is 3.41. The number of benzene rings is 1. The standard InChI is InChI=1S/C28H26F4N6O3/c1-14(33)25-24(27(39)38-11-8-15(9-12-38)22(34)18-7-10-35-13-19(18)29)37-26(41-25)17-3-5-20(40-2)23-16(17)4-6-21(36-23)28(30,31)32/h3-7,10,13-15,34H,8-9,11-12,33H2,1-2H3/t14-/m1/s1. The minimum atomic E-state index is -4.65. The van der Waals surface area contributed by atoms with Crippen LogP contribution in [0.5, 0.6) is 5.75 Å². The van der Waals surface area contributed by atoms with Crippen molar-refractivity contribution in [2.45, 2.75) is 32.0 Å². The highest BCUT2D eigenvalue weighted by Crippen LogP contribution is 2.38. The predicted molar refractivity (Wildman–Crippen MR) is 141 cm³/mol. The van der Waals surface area contributed by atoms with Crippen LogP contribution in [0.25, 0.3) is 22.4 Å². The minimum Gasteiger partial charge on any atom is -0.494 e. The van der Waals surface area contributed by atoms with Crippen LogP contribution in [0.4, 0.5) is 17.6 Å². The summed E-state index contributed by atoms with van der Waals surface area (Å²) in [5.41, 5.74) is 5.64. The molecule has 0 spiro atoms. The number of piperidine rings is 1. The molecule has 13 heteroatoms. The number of likely N-dealkylation sites (tertiary alicyclic amines) is 1. The number of pyridine rings is 2. The smallest absolute Gasteiger partial charge is 0.433 e. The fraction of sp³-hybridized carbons (Fsp3) is 0.321. The number of methoxy groups -OCH3 is 1. The molecule has 4 aromatic rings. The molecule has 1 fully saturated rings. The molecule has 4 heterocycles. The van der Waals surface area contributed by atoms with Crippen LogP contribution in [-0.4, -0.2) is 51.7 Å². The summed E-state index contributed by atoms with van der Waals surface area (Å²) in [7, 11) is 1.32. The van der Waals surface area contributed by atoms with Gasteiger partial charge in [-0.15, -0.1) is 0 Å². The summed E-state index contributed by atoms with van der Waals surface area (Å²) >= 11 is 0. The summed E-state index contributed by atoms with van der Waals surface area (Å²) in [6, 6.07) is 5.88. The molecule has 0 aliphatic carbocycles. The molecule has 0 saturated carbocycles. The first kappa shape index (κ1) is 28.1. The van der Waals surface area contributed by atoms with Gasteiger partial charge in [-0.3, -0.25) is 9.78 Å². The van der Waals surface area contributed by atoms with Gasteiger partial charge in [0.1, 0.15) is 17.0 Å². The molecule has 1 saturated heterocycles. The number of alkyl halides is 3. The number of amides is 1. The van der Waals surface area contributed by atoms with Gasteiger partial charge >= 0.3 is 6.18 Å². The normalized spacial score (nSPS) is 15.2. The van der Waals surface area contributed by atoms with Crippen molar-refractivity contribution in [1.82, 2.24) is 19.9 Å². The molecule has 1 atom stereocenters. The number of carbonyl (C=O) groups is 1. The van der Waals surface area contributed by atoms with Crippen LogP contribution in [0.1, 0.15) is 53.3 Å². The number of nitrogens with one attached hydrogen (secondary N) is 1. The summed E-state index contributed by atoms with van der Waals surface area (Å²) in [6.45, 7) is 2.23. The van der Waals surface area contributed by atoms with E-state index >= 15 is 0 Å². The van der Waals surface area contributed by atoms with E-state index in [1.54, 1.807) is 17.9 Å². The Labute approximate surface area is 231 Å². The molecule has 0 unspecified atom stereocenters. The molecule has 214 valence electrons. The Bertz CT molecular complexity index is 1630. The second-order valence-electron chi connectivity index (χ2n) is 9.76. The van der Waals surface area contributed by atoms with Crippen LogP contribution in [0, 0.1) is 17.1 Å². The van der Waals surface area contributed by atoms with E-state index in [-0.39, 0.29) is 51.2 Å². The van der Waals surface area contributed by atoms with Gasteiger partial charge in [0.15, 0.2) is 17.3 Å². The van der Waals surface area contributed by atoms with E-state index in [1.165, 1.54) is 31.5 Å². The van der Waals surface area contributed by atoms with Gasteiger partial charge in [-0.25, -0.2) is 14.4 Å². The van der Waals surface area contributed by atoms with Gasteiger partial charge in [0.05, 0.1) is 19.3 Å². The Morgan fingerprint density at radius 1 is 1.17 bits per heavy atom. The van der Waals surface area contributed by atoms with Crippen molar-refractivity contribution in [1.29, 1.82) is 5.41 Å². The Morgan fingerprint density at radius 3 is 2.54 bits per heavy atom. The van der Waals surface area contributed by atoms with E-state index in [1.807, 2.05) is 0 Å². The van der Waals surface area contributed by atoms with Crippen LogP contribution >= 0.6 is 0 Å². The Kier molecular flexibility index (Phi) is 7.47. The third-order valence-corrected chi connectivity index (χ3v) is 7.08. The lowest BCUT2D eigenvalue weighted by molar-refractivity contribution is -0.140. The maximum Gasteiger partial charge on any atom is 0.433 e. The summed E-state index contributed by atoms with van der Waals surface area (Å²) in [5.74, 6) is -0.977. The summed E-state index contributed by atoms with van der Waals surface area (Å²) in [4.78, 5) is 27.1. The Hall–Kier alpha value is -4.39. The zero-order valence-electron chi connectivity index (χ0n) is 22.1. The van der Waals surface area contributed by atoms with Gasteiger partial charge in [-0.05, 0) is 50.1 Å². The van der Waals surface area contributed by atoms with Crippen LogP contribution in [0.15, 0.2) is 47.1 Å². The molecule has 3 N–H and O–H groups in total. The van der Waals surface area contributed by atoms with Gasteiger partial charge in [0.2, 0.25) is 5.89 Å². The minimum absolute atomic E-state index is 0.000289. The first-order valence-electron chi connectivity index (χ1n) is 12.8. The molecule has 3 aromatic heterocycles. The SMILES string of the molecule is COc1ccc(-c2nc(C(=O)N3CCC(C(=N)c4ccncc4F)CC3)c([C@@H](C)N)o2)c2ccc(C(F)(F)F)nc12. The van der Waals surface area contributed by atoms with Crippen LogP contribution in [0.2, 0.25) is 0 Å².